The van der Waals surface area contributed by atoms with Crippen molar-refractivity contribution < 1.29 is 13.3 Å². The van der Waals surface area contributed by atoms with Gasteiger partial charge in [0.1, 0.15) is 17.0 Å². The van der Waals surface area contributed by atoms with Gasteiger partial charge in [-0.15, -0.1) is 0 Å². The van der Waals surface area contributed by atoms with Crippen LogP contribution in [-0.2, 0) is 11.8 Å². The van der Waals surface area contributed by atoms with Gasteiger partial charge in [-0.25, -0.2) is 8.78 Å². The van der Waals surface area contributed by atoms with Crippen molar-refractivity contribution in [3.05, 3.63) is 47.1 Å². The molecule has 1 aliphatic rings. The fourth-order valence-corrected chi connectivity index (χ4v) is 2.77. The minimum atomic E-state index is -0.696. The van der Waals surface area contributed by atoms with E-state index >= 15 is 0 Å². The number of benzene rings is 1. The number of hydrogen-bond acceptors (Lipinski definition) is 4. The summed E-state index contributed by atoms with van der Waals surface area (Å²) < 4.78 is 31.5. The van der Waals surface area contributed by atoms with Gasteiger partial charge in [0, 0.05) is 12.5 Å². The SMILES string of the molecule is N#CC1(c2nc(Cc3cc(F)cc(F)c3)no2)CCCC1. The molecule has 0 bridgehead atoms. The maximum absolute atomic E-state index is 13.1. The van der Waals surface area contributed by atoms with E-state index in [0.717, 1.165) is 18.9 Å². The van der Waals surface area contributed by atoms with E-state index in [1.54, 1.807) is 0 Å². The van der Waals surface area contributed by atoms with Gasteiger partial charge >= 0.3 is 0 Å². The molecule has 108 valence electrons. The number of hydrogen-bond donors (Lipinski definition) is 0. The molecule has 0 radical (unpaired) electrons. The molecule has 1 fully saturated rings. The monoisotopic (exact) mass is 289 g/mol. The Labute approximate surface area is 120 Å². The third-order valence-electron chi connectivity index (χ3n) is 3.83. The molecule has 0 aliphatic heterocycles. The molecule has 4 nitrogen and oxygen atoms in total. The fraction of sp³-hybridized carbons (Fsp3) is 0.400. The molecule has 2 aromatic rings. The molecule has 21 heavy (non-hydrogen) atoms. The standard InChI is InChI=1S/C15H13F2N3O/c16-11-5-10(6-12(17)8-11)7-13-19-14(21-20-13)15(9-18)3-1-2-4-15/h5-6,8H,1-4,7H2. The molecule has 1 aromatic heterocycles. The predicted octanol–water partition coefficient (Wildman–Crippen LogP) is 3.27. The Balaban J connectivity index is 1.84. The van der Waals surface area contributed by atoms with E-state index in [2.05, 4.69) is 16.2 Å². The number of nitriles is 1. The summed E-state index contributed by atoms with van der Waals surface area (Å²) in [5, 5.41) is 13.2. The van der Waals surface area contributed by atoms with E-state index in [9.17, 15) is 14.0 Å². The minimum absolute atomic E-state index is 0.166. The molecule has 6 heteroatoms. The van der Waals surface area contributed by atoms with Crippen molar-refractivity contribution >= 4 is 0 Å². The Morgan fingerprint density at radius 3 is 2.48 bits per heavy atom. The number of rotatable bonds is 3. The Morgan fingerprint density at radius 1 is 1.19 bits per heavy atom. The second-order valence-corrected chi connectivity index (χ2v) is 5.37. The van der Waals surface area contributed by atoms with E-state index in [4.69, 9.17) is 4.52 Å². The van der Waals surface area contributed by atoms with Crippen LogP contribution in [0.1, 0.15) is 43.0 Å². The molecule has 0 N–H and O–H groups in total. The summed E-state index contributed by atoms with van der Waals surface area (Å²) in [5.74, 6) is -0.637. The molecule has 0 atom stereocenters. The van der Waals surface area contributed by atoms with E-state index in [1.165, 1.54) is 12.1 Å². The quantitative estimate of drug-likeness (QED) is 0.870. The first-order valence-corrected chi connectivity index (χ1v) is 6.81. The van der Waals surface area contributed by atoms with E-state index in [0.29, 0.717) is 30.1 Å². The highest BCUT2D eigenvalue weighted by atomic mass is 19.1. The van der Waals surface area contributed by atoms with Crippen LogP contribution < -0.4 is 0 Å². The van der Waals surface area contributed by atoms with Crippen LogP contribution in [0.5, 0.6) is 0 Å². The normalized spacial score (nSPS) is 16.8. The Kier molecular flexibility index (Phi) is 3.42. The topological polar surface area (TPSA) is 62.7 Å². The molecule has 0 saturated heterocycles. The van der Waals surface area contributed by atoms with Crippen LogP contribution in [0.2, 0.25) is 0 Å². The van der Waals surface area contributed by atoms with Crippen LogP contribution in [0.4, 0.5) is 8.78 Å². The van der Waals surface area contributed by atoms with Gasteiger partial charge < -0.3 is 4.52 Å². The van der Waals surface area contributed by atoms with Gasteiger partial charge in [-0.1, -0.05) is 18.0 Å². The molecule has 1 saturated carbocycles. The van der Waals surface area contributed by atoms with Gasteiger partial charge in [0.05, 0.1) is 6.07 Å². The zero-order valence-corrected chi connectivity index (χ0v) is 11.3. The summed E-state index contributed by atoms with van der Waals surface area (Å²) in [5.41, 5.74) is -0.268. The first kappa shape index (κ1) is 13.7. The second kappa shape index (κ2) is 5.24. The summed E-state index contributed by atoms with van der Waals surface area (Å²) in [7, 11) is 0. The highest BCUT2D eigenvalue weighted by molar-refractivity contribution is 5.23. The summed E-state index contributed by atoms with van der Waals surface area (Å²) in [4.78, 5) is 4.24. The van der Waals surface area contributed by atoms with Crippen LogP contribution >= 0.6 is 0 Å². The van der Waals surface area contributed by atoms with Crippen LogP contribution in [0.3, 0.4) is 0 Å². The lowest BCUT2D eigenvalue weighted by Crippen LogP contribution is -2.19. The lowest BCUT2D eigenvalue weighted by atomic mass is 9.88. The summed E-state index contributed by atoms with van der Waals surface area (Å²) >= 11 is 0. The molecular formula is C15H13F2N3O. The molecule has 0 spiro atoms. The molecular weight excluding hydrogens is 276 g/mol. The summed E-state index contributed by atoms with van der Waals surface area (Å²) in [6.07, 6.45) is 3.50. The van der Waals surface area contributed by atoms with Gasteiger partial charge in [0.2, 0.25) is 5.89 Å². The molecule has 1 heterocycles. The third kappa shape index (κ3) is 2.64. The molecule has 3 rings (SSSR count). The molecule has 0 amide bonds. The maximum atomic E-state index is 13.1. The first-order chi connectivity index (χ1) is 10.1. The predicted molar refractivity (Wildman–Crippen MR) is 69.2 cm³/mol. The van der Waals surface area contributed by atoms with Crippen molar-refractivity contribution in [2.24, 2.45) is 0 Å². The first-order valence-electron chi connectivity index (χ1n) is 6.81. The van der Waals surface area contributed by atoms with E-state index in [-0.39, 0.29) is 6.42 Å². The van der Waals surface area contributed by atoms with E-state index in [1.807, 2.05) is 0 Å². The lowest BCUT2D eigenvalue weighted by Gasteiger charge is -2.13. The lowest BCUT2D eigenvalue weighted by molar-refractivity contribution is 0.319. The van der Waals surface area contributed by atoms with Gasteiger partial charge in [-0.2, -0.15) is 10.2 Å². The number of nitrogens with zero attached hydrogens (tertiary/aromatic N) is 3. The van der Waals surface area contributed by atoms with Crippen molar-refractivity contribution in [2.75, 3.05) is 0 Å². The Morgan fingerprint density at radius 2 is 1.86 bits per heavy atom. The van der Waals surface area contributed by atoms with Crippen molar-refractivity contribution in [3.8, 4) is 6.07 Å². The van der Waals surface area contributed by atoms with Crippen LogP contribution in [0.25, 0.3) is 0 Å². The average molecular weight is 289 g/mol. The Hall–Kier alpha value is -2.29. The average Bonchev–Trinajstić information content (AvgIpc) is 3.06. The number of halogens is 2. The minimum Gasteiger partial charge on any atom is -0.338 e. The maximum Gasteiger partial charge on any atom is 0.247 e. The van der Waals surface area contributed by atoms with Crippen LogP contribution in [-0.4, -0.2) is 10.1 Å². The van der Waals surface area contributed by atoms with Gasteiger partial charge in [0.25, 0.3) is 0 Å². The highest BCUT2D eigenvalue weighted by Crippen LogP contribution is 2.39. The molecule has 1 aliphatic carbocycles. The highest BCUT2D eigenvalue weighted by Gasteiger charge is 2.41. The van der Waals surface area contributed by atoms with Crippen LogP contribution in [0, 0.1) is 23.0 Å². The smallest absolute Gasteiger partial charge is 0.247 e. The van der Waals surface area contributed by atoms with Gasteiger partial charge in [-0.05, 0) is 30.5 Å². The number of aromatic nitrogens is 2. The molecule has 1 aromatic carbocycles. The second-order valence-electron chi connectivity index (χ2n) is 5.37. The van der Waals surface area contributed by atoms with Crippen molar-refractivity contribution in [1.82, 2.24) is 10.1 Å². The molecule has 0 unspecified atom stereocenters. The van der Waals surface area contributed by atoms with Gasteiger partial charge in [0.15, 0.2) is 5.82 Å². The van der Waals surface area contributed by atoms with Crippen LogP contribution in [0.15, 0.2) is 22.7 Å². The third-order valence-corrected chi connectivity index (χ3v) is 3.83. The zero-order chi connectivity index (χ0) is 14.9. The van der Waals surface area contributed by atoms with Gasteiger partial charge in [-0.3, -0.25) is 0 Å². The van der Waals surface area contributed by atoms with Crippen molar-refractivity contribution in [1.29, 1.82) is 5.26 Å². The largest absolute Gasteiger partial charge is 0.338 e. The van der Waals surface area contributed by atoms with Crippen molar-refractivity contribution in [3.63, 3.8) is 0 Å². The summed E-state index contributed by atoms with van der Waals surface area (Å²) in [6, 6.07) is 5.55. The zero-order valence-electron chi connectivity index (χ0n) is 11.3. The summed E-state index contributed by atoms with van der Waals surface area (Å²) in [6.45, 7) is 0. The van der Waals surface area contributed by atoms with Crippen molar-refractivity contribution in [2.45, 2.75) is 37.5 Å². The van der Waals surface area contributed by atoms with E-state index < -0.39 is 17.0 Å². The fourth-order valence-electron chi connectivity index (χ4n) is 2.77. The Bertz CT molecular complexity index is 679.